The number of carbonyl (C=O) groups excluding carboxylic acids is 1. The molecule has 0 bridgehead atoms. The summed E-state index contributed by atoms with van der Waals surface area (Å²) in [6, 6.07) is 0.313. The van der Waals surface area contributed by atoms with Crippen LogP contribution in [0.15, 0.2) is 12.4 Å². The van der Waals surface area contributed by atoms with Crippen LogP contribution in [0.25, 0.3) is 0 Å². The van der Waals surface area contributed by atoms with Crippen LogP contribution < -0.4 is 4.90 Å². The molecule has 1 aliphatic heterocycles. The molecule has 5 nitrogen and oxygen atoms in total. The molecule has 1 fully saturated rings. The Morgan fingerprint density at radius 3 is 2.82 bits per heavy atom. The molecule has 2 atom stereocenters. The van der Waals surface area contributed by atoms with Crippen LogP contribution in [0.4, 0.5) is 5.95 Å². The van der Waals surface area contributed by atoms with E-state index in [9.17, 15) is 4.79 Å². The number of hydrogen-bond donors (Lipinski definition) is 0. The summed E-state index contributed by atoms with van der Waals surface area (Å²) in [4.78, 5) is 21.2. The van der Waals surface area contributed by atoms with Gasteiger partial charge in [0.25, 0.3) is 0 Å². The number of ether oxygens (including phenoxy) is 1. The molecule has 92 valence electrons. The van der Waals surface area contributed by atoms with Gasteiger partial charge in [0.1, 0.15) is 0 Å². The Balaban J connectivity index is 2.19. The SMILES string of the molecule is CCC1COC(C)CN1c1ncc(C=O)cn1. The average Bonchev–Trinajstić information content (AvgIpc) is 2.39. The zero-order chi connectivity index (χ0) is 12.3. The molecule has 0 saturated carbocycles. The van der Waals surface area contributed by atoms with Crippen molar-refractivity contribution >= 4 is 12.2 Å². The largest absolute Gasteiger partial charge is 0.375 e. The van der Waals surface area contributed by atoms with Gasteiger partial charge in [-0.05, 0) is 13.3 Å². The Labute approximate surface area is 101 Å². The van der Waals surface area contributed by atoms with E-state index in [0.29, 0.717) is 24.2 Å². The van der Waals surface area contributed by atoms with Gasteiger partial charge >= 0.3 is 0 Å². The molecule has 0 aromatic carbocycles. The van der Waals surface area contributed by atoms with Crippen molar-refractivity contribution in [2.45, 2.75) is 32.4 Å². The molecule has 5 heteroatoms. The fourth-order valence-corrected chi connectivity index (χ4v) is 1.97. The fourth-order valence-electron chi connectivity index (χ4n) is 1.97. The lowest BCUT2D eigenvalue weighted by molar-refractivity contribution is 0.0292. The van der Waals surface area contributed by atoms with Gasteiger partial charge in [-0.3, -0.25) is 4.79 Å². The highest BCUT2D eigenvalue weighted by Gasteiger charge is 2.27. The summed E-state index contributed by atoms with van der Waals surface area (Å²) in [5.74, 6) is 0.678. The van der Waals surface area contributed by atoms with E-state index in [1.54, 1.807) is 12.4 Å². The van der Waals surface area contributed by atoms with Crippen LogP contribution >= 0.6 is 0 Å². The van der Waals surface area contributed by atoms with Gasteiger partial charge < -0.3 is 9.64 Å². The molecular weight excluding hydrogens is 218 g/mol. The van der Waals surface area contributed by atoms with E-state index >= 15 is 0 Å². The van der Waals surface area contributed by atoms with Crippen molar-refractivity contribution in [2.24, 2.45) is 0 Å². The Bertz CT molecular complexity index is 380. The zero-order valence-electron chi connectivity index (χ0n) is 10.2. The zero-order valence-corrected chi connectivity index (χ0v) is 10.2. The van der Waals surface area contributed by atoms with Crippen molar-refractivity contribution in [1.29, 1.82) is 0 Å². The normalized spacial score (nSPS) is 24.7. The Morgan fingerprint density at radius 1 is 1.53 bits per heavy atom. The first-order chi connectivity index (χ1) is 8.24. The van der Waals surface area contributed by atoms with E-state index in [2.05, 4.69) is 21.8 Å². The predicted molar refractivity (Wildman–Crippen MR) is 64.3 cm³/mol. The molecule has 1 aliphatic rings. The second-order valence-electron chi connectivity index (χ2n) is 4.29. The Morgan fingerprint density at radius 2 is 2.24 bits per heavy atom. The van der Waals surface area contributed by atoms with Gasteiger partial charge in [-0.15, -0.1) is 0 Å². The van der Waals surface area contributed by atoms with Crippen LogP contribution in [0.3, 0.4) is 0 Å². The Kier molecular flexibility index (Phi) is 3.68. The smallest absolute Gasteiger partial charge is 0.225 e. The number of aromatic nitrogens is 2. The van der Waals surface area contributed by atoms with Crippen molar-refractivity contribution in [3.63, 3.8) is 0 Å². The lowest BCUT2D eigenvalue weighted by Crippen LogP contribution is -2.49. The molecule has 0 N–H and O–H groups in total. The summed E-state index contributed by atoms with van der Waals surface area (Å²) < 4.78 is 5.62. The third-order valence-electron chi connectivity index (χ3n) is 2.99. The summed E-state index contributed by atoms with van der Waals surface area (Å²) in [5, 5.41) is 0. The van der Waals surface area contributed by atoms with Gasteiger partial charge in [0.2, 0.25) is 5.95 Å². The quantitative estimate of drug-likeness (QED) is 0.739. The highest BCUT2D eigenvalue weighted by molar-refractivity contribution is 5.73. The van der Waals surface area contributed by atoms with Crippen molar-refractivity contribution < 1.29 is 9.53 Å². The second kappa shape index (κ2) is 5.23. The number of nitrogens with zero attached hydrogens (tertiary/aromatic N) is 3. The molecule has 2 unspecified atom stereocenters. The minimum Gasteiger partial charge on any atom is -0.375 e. The first-order valence-corrected chi connectivity index (χ1v) is 5.90. The number of rotatable bonds is 3. The summed E-state index contributed by atoms with van der Waals surface area (Å²) in [6.07, 6.45) is 5.05. The number of morpholine rings is 1. The van der Waals surface area contributed by atoms with Crippen molar-refractivity contribution in [2.75, 3.05) is 18.1 Å². The number of anilines is 1. The van der Waals surface area contributed by atoms with E-state index in [4.69, 9.17) is 4.74 Å². The van der Waals surface area contributed by atoms with E-state index in [-0.39, 0.29) is 6.10 Å². The third-order valence-corrected chi connectivity index (χ3v) is 2.99. The third kappa shape index (κ3) is 2.61. The van der Waals surface area contributed by atoms with Gasteiger partial charge in [0.15, 0.2) is 6.29 Å². The van der Waals surface area contributed by atoms with E-state index in [1.807, 2.05) is 6.92 Å². The van der Waals surface area contributed by atoms with Crippen LogP contribution in [0.1, 0.15) is 30.6 Å². The maximum absolute atomic E-state index is 10.6. The van der Waals surface area contributed by atoms with Gasteiger partial charge in [0.05, 0.1) is 24.3 Å². The maximum Gasteiger partial charge on any atom is 0.225 e. The molecule has 0 amide bonds. The van der Waals surface area contributed by atoms with Crippen molar-refractivity contribution in [3.05, 3.63) is 18.0 Å². The molecule has 0 spiro atoms. The predicted octanol–water partition coefficient (Wildman–Crippen LogP) is 1.29. The molecule has 0 aliphatic carbocycles. The monoisotopic (exact) mass is 235 g/mol. The van der Waals surface area contributed by atoms with Crippen LogP contribution in [0.2, 0.25) is 0 Å². The first-order valence-electron chi connectivity index (χ1n) is 5.90. The standard InChI is InChI=1S/C12H17N3O2/c1-3-11-8-17-9(2)6-15(11)12-13-4-10(7-16)5-14-12/h4-5,7,9,11H,3,6,8H2,1-2H3. The highest BCUT2D eigenvalue weighted by atomic mass is 16.5. The van der Waals surface area contributed by atoms with Gasteiger partial charge in [-0.2, -0.15) is 0 Å². The summed E-state index contributed by atoms with van der Waals surface area (Å²) >= 11 is 0. The summed E-state index contributed by atoms with van der Waals surface area (Å²) in [6.45, 7) is 5.66. The molecule has 2 heterocycles. The molecule has 2 rings (SSSR count). The second-order valence-corrected chi connectivity index (χ2v) is 4.29. The highest BCUT2D eigenvalue weighted by Crippen LogP contribution is 2.19. The minimum absolute atomic E-state index is 0.187. The van der Waals surface area contributed by atoms with E-state index < -0.39 is 0 Å². The number of carbonyl (C=O) groups is 1. The van der Waals surface area contributed by atoms with Crippen molar-refractivity contribution in [1.82, 2.24) is 9.97 Å². The lowest BCUT2D eigenvalue weighted by Gasteiger charge is -2.38. The molecule has 1 aromatic rings. The van der Waals surface area contributed by atoms with Crippen LogP contribution in [-0.4, -0.2) is 41.6 Å². The molecular formula is C12H17N3O2. The molecule has 0 radical (unpaired) electrons. The minimum atomic E-state index is 0.187. The fraction of sp³-hybridized carbons (Fsp3) is 0.583. The van der Waals surface area contributed by atoms with Gasteiger partial charge in [0, 0.05) is 18.9 Å². The molecule has 1 saturated heterocycles. The lowest BCUT2D eigenvalue weighted by atomic mass is 10.1. The van der Waals surface area contributed by atoms with Gasteiger partial charge in [-0.25, -0.2) is 9.97 Å². The van der Waals surface area contributed by atoms with Crippen LogP contribution in [0.5, 0.6) is 0 Å². The van der Waals surface area contributed by atoms with Crippen molar-refractivity contribution in [3.8, 4) is 0 Å². The van der Waals surface area contributed by atoms with Crippen LogP contribution in [-0.2, 0) is 4.74 Å². The topological polar surface area (TPSA) is 55.3 Å². The number of aldehydes is 1. The van der Waals surface area contributed by atoms with Crippen LogP contribution in [0, 0.1) is 0 Å². The van der Waals surface area contributed by atoms with E-state index in [1.165, 1.54) is 0 Å². The summed E-state index contributed by atoms with van der Waals surface area (Å²) in [7, 11) is 0. The van der Waals surface area contributed by atoms with Gasteiger partial charge in [-0.1, -0.05) is 6.92 Å². The molecule has 17 heavy (non-hydrogen) atoms. The first kappa shape index (κ1) is 12.0. The number of hydrogen-bond acceptors (Lipinski definition) is 5. The Hall–Kier alpha value is -1.49. The van der Waals surface area contributed by atoms with E-state index in [0.717, 1.165) is 19.3 Å². The molecule has 1 aromatic heterocycles. The summed E-state index contributed by atoms with van der Waals surface area (Å²) in [5.41, 5.74) is 0.503. The maximum atomic E-state index is 10.6. The average molecular weight is 235 g/mol.